The van der Waals surface area contributed by atoms with Crippen LogP contribution in [-0.4, -0.2) is 64.3 Å². The van der Waals surface area contributed by atoms with Crippen LogP contribution < -0.4 is 9.47 Å². The topological polar surface area (TPSA) is 24.9 Å². The predicted octanol–water partition coefficient (Wildman–Crippen LogP) is 6.52. The zero-order valence-corrected chi connectivity index (χ0v) is 23.0. The maximum Gasteiger partial charge on any atom is 0.122 e. The number of hydrogen-bond acceptors (Lipinski definition) is 4. The average molecular weight is 496 g/mol. The second-order valence-corrected chi connectivity index (χ2v) is 11.9. The van der Waals surface area contributed by atoms with Crippen LogP contribution in [0, 0.1) is 10.8 Å². The van der Waals surface area contributed by atoms with E-state index in [0.29, 0.717) is 29.7 Å². The van der Waals surface area contributed by atoms with Crippen LogP contribution in [0.1, 0.15) is 38.8 Å². The monoisotopic (exact) mass is 494 g/mol. The summed E-state index contributed by atoms with van der Waals surface area (Å²) in [7, 11) is 8.32. The summed E-state index contributed by atoms with van der Waals surface area (Å²) < 4.78 is 12.6. The molecule has 0 bridgehead atoms. The fraction of sp³-hybridized carbons (Fsp3) is 0.556. The van der Waals surface area contributed by atoms with Crippen LogP contribution in [0.15, 0.2) is 36.4 Å². The fourth-order valence-electron chi connectivity index (χ4n) is 4.21. The minimum absolute atomic E-state index is 0.0166. The normalized spacial score (nSPS) is 12.5. The van der Waals surface area contributed by atoms with Crippen LogP contribution in [0.3, 0.4) is 0 Å². The van der Waals surface area contributed by atoms with Crippen LogP contribution >= 0.6 is 23.2 Å². The van der Waals surface area contributed by atoms with Crippen molar-refractivity contribution in [2.24, 2.45) is 10.8 Å². The lowest BCUT2D eigenvalue weighted by atomic mass is 9.94. The van der Waals surface area contributed by atoms with Gasteiger partial charge in [-0.1, -0.05) is 50.9 Å². The van der Waals surface area contributed by atoms with Crippen LogP contribution in [0.5, 0.6) is 11.5 Å². The Labute approximate surface area is 210 Å². The highest BCUT2D eigenvalue weighted by Crippen LogP contribution is 2.32. The molecule has 0 heterocycles. The molecule has 2 rings (SSSR count). The number of hydrogen-bond donors (Lipinski definition) is 0. The first-order chi connectivity index (χ1) is 15.3. The minimum atomic E-state index is 0.0166. The third-order valence-corrected chi connectivity index (χ3v) is 5.62. The summed E-state index contributed by atoms with van der Waals surface area (Å²) in [5.74, 6) is 1.68. The Kier molecular flexibility index (Phi) is 9.93. The van der Waals surface area contributed by atoms with Gasteiger partial charge in [0.1, 0.15) is 11.5 Å². The fourth-order valence-corrected chi connectivity index (χ4v) is 4.60. The first-order valence-electron chi connectivity index (χ1n) is 11.4. The van der Waals surface area contributed by atoms with Crippen molar-refractivity contribution in [3.8, 4) is 11.5 Å². The molecule has 0 aliphatic carbocycles. The van der Waals surface area contributed by atoms with E-state index < -0.39 is 0 Å². The van der Waals surface area contributed by atoms with E-state index in [1.807, 2.05) is 36.4 Å². The van der Waals surface area contributed by atoms with Crippen molar-refractivity contribution in [2.75, 3.05) is 54.5 Å². The Bertz CT molecular complexity index is 837. The van der Waals surface area contributed by atoms with E-state index >= 15 is 0 Å². The summed E-state index contributed by atoms with van der Waals surface area (Å²) in [6.07, 6.45) is 0.619. The van der Waals surface area contributed by atoms with Gasteiger partial charge in [0.25, 0.3) is 0 Å². The van der Waals surface area contributed by atoms with Crippen LogP contribution in [0.2, 0.25) is 10.0 Å². The molecule has 0 saturated carbocycles. The SMILES string of the molecule is CN(C)CC(C)(C)COc1ccc(Cl)cc1Cc1cc(Cl)ccc1OCC(C)(C)CN(C)C. The third kappa shape index (κ3) is 9.74. The van der Waals surface area contributed by atoms with E-state index in [-0.39, 0.29) is 10.8 Å². The molecule has 0 aliphatic heterocycles. The first-order valence-corrected chi connectivity index (χ1v) is 12.1. The molecule has 33 heavy (non-hydrogen) atoms. The molecule has 0 aliphatic rings. The molecule has 2 aromatic rings. The van der Waals surface area contributed by atoms with Crippen molar-refractivity contribution in [3.63, 3.8) is 0 Å². The quantitative estimate of drug-likeness (QED) is 0.335. The maximum absolute atomic E-state index is 6.36. The van der Waals surface area contributed by atoms with Gasteiger partial charge >= 0.3 is 0 Å². The first kappa shape index (κ1) is 27.8. The van der Waals surface area contributed by atoms with Crippen LogP contribution in [-0.2, 0) is 6.42 Å². The van der Waals surface area contributed by atoms with Gasteiger partial charge < -0.3 is 19.3 Å². The van der Waals surface area contributed by atoms with Crippen molar-refractivity contribution < 1.29 is 9.47 Å². The van der Waals surface area contributed by atoms with Gasteiger partial charge in [-0.3, -0.25) is 0 Å². The van der Waals surface area contributed by atoms with Gasteiger partial charge in [-0.05, 0) is 64.6 Å². The number of ether oxygens (including phenoxy) is 2. The summed E-state index contributed by atoms with van der Waals surface area (Å²) >= 11 is 12.7. The minimum Gasteiger partial charge on any atom is -0.493 e. The van der Waals surface area contributed by atoms with Crippen molar-refractivity contribution in [1.82, 2.24) is 9.80 Å². The Morgan fingerprint density at radius 1 is 0.667 bits per heavy atom. The highest BCUT2D eigenvalue weighted by atomic mass is 35.5. The van der Waals surface area contributed by atoms with Gasteiger partial charge in [0, 0.05) is 51.5 Å². The second-order valence-electron chi connectivity index (χ2n) is 11.1. The van der Waals surface area contributed by atoms with Crippen LogP contribution in [0.25, 0.3) is 0 Å². The lowest BCUT2D eigenvalue weighted by Crippen LogP contribution is -2.33. The van der Waals surface area contributed by atoms with Crippen molar-refractivity contribution in [2.45, 2.75) is 34.1 Å². The van der Waals surface area contributed by atoms with Crippen molar-refractivity contribution in [3.05, 3.63) is 57.6 Å². The average Bonchev–Trinajstić information content (AvgIpc) is 2.64. The van der Waals surface area contributed by atoms with Gasteiger partial charge in [-0.15, -0.1) is 0 Å². The maximum atomic E-state index is 6.36. The molecule has 0 radical (unpaired) electrons. The highest BCUT2D eigenvalue weighted by molar-refractivity contribution is 6.31. The van der Waals surface area contributed by atoms with Crippen molar-refractivity contribution >= 4 is 23.2 Å². The molecular formula is C27H40Cl2N2O2. The number of benzene rings is 2. The standard InChI is InChI=1S/C27H40Cl2N2O2/c1-26(2,16-30(5)6)18-32-24-11-9-22(28)14-20(24)13-21-15-23(29)10-12-25(21)33-19-27(3,4)17-31(7)8/h9-12,14-15H,13,16-19H2,1-8H3. The molecule has 0 fully saturated rings. The second kappa shape index (κ2) is 11.8. The lowest BCUT2D eigenvalue weighted by molar-refractivity contribution is 0.139. The molecule has 4 nitrogen and oxygen atoms in total. The smallest absolute Gasteiger partial charge is 0.122 e. The summed E-state index contributed by atoms with van der Waals surface area (Å²) in [4.78, 5) is 4.36. The third-order valence-electron chi connectivity index (χ3n) is 5.15. The van der Waals surface area contributed by atoms with Gasteiger partial charge in [-0.25, -0.2) is 0 Å². The predicted molar refractivity (Wildman–Crippen MR) is 141 cm³/mol. The molecule has 6 heteroatoms. The van der Waals surface area contributed by atoms with Crippen molar-refractivity contribution in [1.29, 1.82) is 0 Å². The molecule has 0 amide bonds. The molecule has 184 valence electrons. The Balaban J connectivity index is 2.24. The van der Waals surface area contributed by atoms with E-state index in [0.717, 1.165) is 35.7 Å². The molecular weight excluding hydrogens is 455 g/mol. The number of halogens is 2. The zero-order valence-electron chi connectivity index (χ0n) is 21.5. The summed E-state index contributed by atoms with van der Waals surface area (Å²) in [6.45, 7) is 11.9. The summed E-state index contributed by atoms with van der Waals surface area (Å²) in [5, 5.41) is 1.36. The largest absolute Gasteiger partial charge is 0.493 e. The van der Waals surface area contributed by atoms with E-state index in [4.69, 9.17) is 32.7 Å². The van der Waals surface area contributed by atoms with Gasteiger partial charge in [0.2, 0.25) is 0 Å². The summed E-state index contributed by atoms with van der Waals surface area (Å²) in [6, 6.07) is 11.6. The Hall–Kier alpha value is -1.46. The Morgan fingerprint density at radius 3 is 1.36 bits per heavy atom. The van der Waals surface area contributed by atoms with Crippen LogP contribution in [0.4, 0.5) is 0 Å². The molecule has 0 saturated heterocycles. The van der Waals surface area contributed by atoms with E-state index in [1.54, 1.807) is 0 Å². The zero-order chi connectivity index (χ0) is 24.8. The number of nitrogens with zero attached hydrogens (tertiary/aromatic N) is 2. The van der Waals surface area contributed by atoms with Gasteiger partial charge in [0.15, 0.2) is 0 Å². The molecule has 0 atom stereocenters. The van der Waals surface area contributed by atoms with E-state index in [1.165, 1.54) is 0 Å². The van der Waals surface area contributed by atoms with E-state index in [2.05, 4.69) is 65.7 Å². The van der Waals surface area contributed by atoms with E-state index in [9.17, 15) is 0 Å². The molecule has 2 aromatic carbocycles. The molecule has 0 aromatic heterocycles. The van der Waals surface area contributed by atoms with Gasteiger partial charge in [-0.2, -0.15) is 0 Å². The lowest BCUT2D eigenvalue weighted by Gasteiger charge is -2.29. The molecule has 0 spiro atoms. The highest BCUT2D eigenvalue weighted by Gasteiger charge is 2.22. The summed E-state index contributed by atoms with van der Waals surface area (Å²) in [5.41, 5.74) is 2.07. The van der Waals surface area contributed by atoms with Gasteiger partial charge in [0.05, 0.1) is 13.2 Å². The molecule has 0 unspecified atom stereocenters. The Morgan fingerprint density at radius 2 is 1.03 bits per heavy atom. The number of rotatable bonds is 12. The molecule has 0 N–H and O–H groups in total.